The normalized spacial score (nSPS) is 11.9. The van der Waals surface area contributed by atoms with Crippen LogP contribution in [0.5, 0.6) is 0 Å². The van der Waals surface area contributed by atoms with Crippen LogP contribution in [0.3, 0.4) is 0 Å². The van der Waals surface area contributed by atoms with Crippen molar-refractivity contribution in [2.45, 2.75) is 46.5 Å². The summed E-state index contributed by atoms with van der Waals surface area (Å²) in [6, 6.07) is 46.4. The molecule has 47 heavy (non-hydrogen) atoms. The summed E-state index contributed by atoms with van der Waals surface area (Å²) < 4.78 is 5.07. The smallest absolute Gasteiger partial charge is 0.147 e. The lowest BCUT2D eigenvalue weighted by Gasteiger charge is -2.24. The fourth-order valence-corrected chi connectivity index (χ4v) is 8.41. The molecule has 2 heterocycles. The fourth-order valence-electron chi connectivity index (χ4n) is 7.08. The molecule has 8 rings (SSSR count). The van der Waals surface area contributed by atoms with E-state index in [2.05, 4.69) is 167 Å². The minimum Gasteiger partial charge on any atom is -0.292 e. The molecule has 0 bridgehead atoms. The van der Waals surface area contributed by atoms with Crippen LogP contribution in [0.2, 0.25) is 0 Å². The zero-order valence-electron chi connectivity index (χ0n) is 27.6. The third-order valence-corrected chi connectivity index (χ3v) is 10.7. The first-order valence-corrected chi connectivity index (χ1v) is 17.4. The zero-order chi connectivity index (χ0) is 32.2. The van der Waals surface area contributed by atoms with E-state index >= 15 is 0 Å². The summed E-state index contributed by atoms with van der Waals surface area (Å²) in [6.07, 6.45) is 0. The number of thiophene rings is 1. The molecule has 0 fully saturated rings. The molecule has 3 heteroatoms. The summed E-state index contributed by atoms with van der Waals surface area (Å²) in [7, 11) is 0. The maximum Gasteiger partial charge on any atom is 0.147 e. The highest BCUT2D eigenvalue weighted by atomic mass is 32.1. The average Bonchev–Trinajstić information content (AvgIpc) is 3.67. The van der Waals surface area contributed by atoms with Crippen LogP contribution in [0.1, 0.15) is 56.2 Å². The highest BCUT2D eigenvalue weighted by Crippen LogP contribution is 2.45. The van der Waals surface area contributed by atoms with Crippen molar-refractivity contribution in [3.63, 3.8) is 0 Å². The summed E-state index contributed by atoms with van der Waals surface area (Å²) in [4.78, 5) is 5.43. The molecule has 0 amide bonds. The number of nitrogens with zero attached hydrogens (tertiary/aromatic N) is 2. The maximum absolute atomic E-state index is 5.43. The van der Waals surface area contributed by atoms with Crippen LogP contribution in [0.15, 0.2) is 127 Å². The Morgan fingerprint density at radius 1 is 0.596 bits per heavy atom. The summed E-state index contributed by atoms with van der Waals surface area (Å²) in [5.74, 6) is 1.64. The molecule has 0 radical (unpaired) electrons. The van der Waals surface area contributed by atoms with Crippen LogP contribution in [0, 0.1) is 6.92 Å². The van der Waals surface area contributed by atoms with Gasteiger partial charge < -0.3 is 0 Å². The van der Waals surface area contributed by atoms with Gasteiger partial charge in [0.1, 0.15) is 5.82 Å². The van der Waals surface area contributed by atoms with Gasteiger partial charge in [0.15, 0.2) is 0 Å². The predicted molar refractivity (Wildman–Crippen MR) is 203 cm³/mol. The van der Waals surface area contributed by atoms with Crippen LogP contribution in [0.25, 0.3) is 70.5 Å². The van der Waals surface area contributed by atoms with Crippen LogP contribution in [0.4, 0.5) is 0 Å². The molecule has 0 atom stereocenters. The molecule has 0 aliphatic heterocycles. The Hall–Kier alpha value is -4.99. The summed E-state index contributed by atoms with van der Waals surface area (Å²) in [5, 5.41) is 2.64. The summed E-state index contributed by atoms with van der Waals surface area (Å²) >= 11 is 1.89. The quantitative estimate of drug-likeness (QED) is 0.180. The van der Waals surface area contributed by atoms with Gasteiger partial charge in [-0.1, -0.05) is 119 Å². The number of hydrogen-bond donors (Lipinski definition) is 0. The van der Waals surface area contributed by atoms with Crippen molar-refractivity contribution >= 4 is 42.5 Å². The topological polar surface area (TPSA) is 17.8 Å². The molecule has 0 aliphatic carbocycles. The third kappa shape index (κ3) is 4.97. The average molecular weight is 627 g/mol. The lowest BCUT2D eigenvalue weighted by atomic mass is 9.88. The molecule has 230 valence electrons. The second kappa shape index (κ2) is 11.7. The van der Waals surface area contributed by atoms with Crippen molar-refractivity contribution in [2.75, 3.05) is 0 Å². The van der Waals surface area contributed by atoms with E-state index in [1.807, 2.05) is 11.3 Å². The number of para-hydroxylation sites is 2. The van der Waals surface area contributed by atoms with E-state index < -0.39 is 0 Å². The van der Waals surface area contributed by atoms with Crippen molar-refractivity contribution in [1.82, 2.24) is 9.55 Å². The van der Waals surface area contributed by atoms with Gasteiger partial charge in [0.2, 0.25) is 0 Å². The van der Waals surface area contributed by atoms with E-state index in [0.29, 0.717) is 11.8 Å². The van der Waals surface area contributed by atoms with Crippen molar-refractivity contribution in [2.24, 2.45) is 0 Å². The molecule has 2 aromatic heterocycles. The molecule has 0 saturated carbocycles. The number of imidazole rings is 1. The molecule has 2 nitrogen and oxygen atoms in total. The number of fused-ring (bicyclic) bond motifs is 4. The Kier molecular flexibility index (Phi) is 7.30. The summed E-state index contributed by atoms with van der Waals surface area (Å²) in [6.45, 7) is 11.5. The zero-order valence-corrected chi connectivity index (χ0v) is 28.4. The van der Waals surface area contributed by atoms with Crippen molar-refractivity contribution in [3.8, 4) is 39.3 Å². The largest absolute Gasteiger partial charge is 0.292 e. The highest BCUT2D eigenvalue weighted by Gasteiger charge is 2.25. The minimum atomic E-state index is 0.318. The molecule has 0 unspecified atom stereocenters. The first-order chi connectivity index (χ1) is 22.9. The molecule has 0 aliphatic rings. The molecule has 0 saturated heterocycles. The Morgan fingerprint density at radius 2 is 1.21 bits per heavy atom. The van der Waals surface area contributed by atoms with Gasteiger partial charge in [-0.15, -0.1) is 11.3 Å². The third-order valence-electron chi connectivity index (χ3n) is 9.48. The van der Waals surface area contributed by atoms with E-state index in [1.54, 1.807) is 0 Å². The Labute approximate surface area is 281 Å². The number of rotatable bonds is 6. The highest BCUT2D eigenvalue weighted by molar-refractivity contribution is 7.26. The number of aromatic nitrogens is 2. The van der Waals surface area contributed by atoms with Crippen LogP contribution < -0.4 is 0 Å². The fraction of sp³-hybridized carbons (Fsp3) is 0.159. The number of benzene rings is 6. The Balaban J connectivity index is 1.43. The van der Waals surface area contributed by atoms with Gasteiger partial charge in [0.05, 0.1) is 16.7 Å². The number of hydrogen-bond acceptors (Lipinski definition) is 2. The van der Waals surface area contributed by atoms with E-state index in [1.165, 1.54) is 70.4 Å². The summed E-state index contributed by atoms with van der Waals surface area (Å²) in [5.41, 5.74) is 13.6. The maximum atomic E-state index is 5.43. The molecule has 8 aromatic rings. The van der Waals surface area contributed by atoms with Crippen LogP contribution in [-0.4, -0.2) is 9.55 Å². The monoisotopic (exact) mass is 626 g/mol. The van der Waals surface area contributed by atoms with Crippen LogP contribution in [-0.2, 0) is 0 Å². The molecule has 6 aromatic carbocycles. The van der Waals surface area contributed by atoms with Gasteiger partial charge in [-0.05, 0) is 94.1 Å². The molecular formula is C44H38N2S. The van der Waals surface area contributed by atoms with Gasteiger partial charge in [-0.3, -0.25) is 4.57 Å². The molecule has 0 N–H and O–H groups in total. The van der Waals surface area contributed by atoms with E-state index in [-0.39, 0.29) is 0 Å². The lowest BCUT2D eigenvalue weighted by molar-refractivity contribution is 0.812. The standard InChI is InChI=1S/C44H38N2S/c1-27(2)36-24-33(31-16-10-7-11-17-31)25-37(28(3)4)42(36)46-39-19-13-12-18-38(39)45-44(46)35-22-20-29(5)41-34-23-21-32(26-40(34)47-43(35)41)30-14-8-6-9-15-30/h6-28H,1-5H3. The Bertz CT molecular complexity index is 2380. The number of aryl methyl sites for hydroxylation is 1. The second-order valence-electron chi connectivity index (χ2n) is 13.3. The second-order valence-corrected chi connectivity index (χ2v) is 14.3. The minimum absolute atomic E-state index is 0.318. The van der Waals surface area contributed by atoms with Gasteiger partial charge in [0, 0.05) is 25.7 Å². The van der Waals surface area contributed by atoms with E-state index in [0.717, 1.165) is 16.9 Å². The van der Waals surface area contributed by atoms with Crippen molar-refractivity contribution < 1.29 is 0 Å². The first-order valence-electron chi connectivity index (χ1n) is 16.6. The predicted octanol–water partition coefficient (Wildman–Crippen LogP) is 12.9. The van der Waals surface area contributed by atoms with Gasteiger partial charge in [-0.2, -0.15) is 0 Å². The molecule has 0 spiro atoms. The lowest BCUT2D eigenvalue weighted by Crippen LogP contribution is -2.09. The van der Waals surface area contributed by atoms with Crippen molar-refractivity contribution in [3.05, 3.63) is 144 Å². The van der Waals surface area contributed by atoms with Crippen LogP contribution >= 0.6 is 11.3 Å². The van der Waals surface area contributed by atoms with Gasteiger partial charge >= 0.3 is 0 Å². The Morgan fingerprint density at radius 3 is 1.87 bits per heavy atom. The van der Waals surface area contributed by atoms with Crippen molar-refractivity contribution in [1.29, 1.82) is 0 Å². The van der Waals surface area contributed by atoms with E-state index in [4.69, 9.17) is 4.98 Å². The first kappa shape index (κ1) is 29.4. The van der Waals surface area contributed by atoms with Gasteiger partial charge in [0.25, 0.3) is 0 Å². The SMILES string of the molecule is Cc1ccc(-c2nc3ccccc3n2-c2c(C(C)C)cc(-c3ccccc3)cc2C(C)C)c2sc3cc(-c4ccccc4)ccc3c12. The molecular weight excluding hydrogens is 589 g/mol. The van der Waals surface area contributed by atoms with Gasteiger partial charge in [-0.25, -0.2) is 4.98 Å². The van der Waals surface area contributed by atoms with E-state index in [9.17, 15) is 0 Å².